The molecule has 0 spiro atoms. The van der Waals surface area contributed by atoms with E-state index < -0.39 is 24.1 Å². The molecule has 0 aliphatic heterocycles. The van der Waals surface area contributed by atoms with Gasteiger partial charge in [-0.2, -0.15) is 0 Å². The molecule has 1 N–H and O–H groups in total. The van der Waals surface area contributed by atoms with Gasteiger partial charge in [0.2, 0.25) is 0 Å². The van der Waals surface area contributed by atoms with E-state index in [2.05, 4.69) is 15.9 Å². The average Bonchev–Trinajstić information content (AvgIpc) is 2.47. The second kappa shape index (κ2) is 7.99. The molecule has 21 heavy (non-hydrogen) atoms. The summed E-state index contributed by atoms with van der Waals surface area (Å²) in [5, 5.41) is 9.55. The van der Waals surface area contributed by atoms with Gasteiger partial charge in [0.25, 0.3) is 0 Å². The highest BCUT2D eigenvalue weighted by Gasteiger charge is 2.52. The molecule has 0 saturated heterocycles. The predicted molar refractivity (Wildman–Crippen MR) is 77.9 cm³/mol. The van der Waals surface area contributed by atoms with Crippen molar-refractivity contribution in [2.45, 2.75) is 19.4 Å². The zero-order chi connectivity index (χ0) is 15.9. The molecule has 1 aromatic carbocycles. The Balaban J connectivity index is 3.12. The summed E-state index contributed by atoms with van der Waals surface area (Å²) in [6, 6.07) is 6.45. The predicted octanol–water partition coefficient (Wildman–Crippen LogP) is 1.69. The summed E-state index contributed by atoms with van der Waals surface area (Å²) in [6.07, 6.45) is 0. The minimum absolute atomic E-state index is 0.0453. The van der Waals surface area contributed by atoms with Crippen molar-refractivity contribution in [1.82, 2.24) is 0 Å². The molecule has 1 aromatic rings. The number of aliphatic hydroxyl groups excluding tert-OH is 1. The first kappa shape index (κ1) is 17.5. The maximum atomic E-state index is 12.1. The highest BCUT2D eigenvalue weighted by atomic mass is 79.9. The lowest BCUT2D eigenvalue weighted by Gasteiger charge is -2.27. The van der Waals surface area contributed by atoms with Crippen LogP contribution in [0.4, 0.5) is 0 Å². The lowest BCUT2D eigenvalue weighted by atomic mass is 10.1. The summed E-state index contributed by atoms with van der Waals surface area (Å²) >= 11 is 3.26. The van der Waals surface area contributed by atoms with E-state index in [1.807, 2.05) is 0 Å². The quantitative estimate of drug-likeness (QED) is 0.588. The number of benzene rings is 1. The van der Waals surface area contributed by atoms with Gasteiger partial charge in [0.05, 0.1) is 13.2 Å². The van der Waals surface area contributed by atoms with E-state index in [9.17, 15) is 14.7 Å². The van der Waals surface area contributed by atoms with Gasteiger partial charge in [-0.05, 0) is 38.1 Å². The van der Waals surface area contributed by atoms with Crippen LogP contribution in [0, 0.1) is 0 Å². The number of ether oxygens (including phenoxy) is 3. The van der Waals surface area contributed by atoms with Crippen LogP contribution in [0.2, 0.25) is 0 Å². The molecule has 0 aliphatic carbocycles. The lowest BCUT2D eigenvalue weighted by molar-refractivity contribution is -0.183. The largest absolute Gasteiger partial charge is 0.463 e. The number of aliphatic hydroxyl groups is 1. The Kier molecular flexibility index (Phi) is 6.64. The van der Waals surface area contributed by atoms with Crippen LogP contribution in [-0.4, -0.2) is 42.5 Å². The molecular formula is C14H17BrO6. The van der Waals surface area contributed by atoms with Crippen LogP contribution in [0.15, 0.2) is 28.7 Å². The van der Waals surface area contributed by atoms with Crippen LogP contribution in [0.3, 0.4) is 0 Å². The molecule has 0 aliphatic rings. The summed E-state index contributed by atoms with van der Waals surface area (Å²) in [6.45, 7) is 2.38. The van der Waals surface area contributed by atoms with Crippen LogP contribution in [0.5, 0.6) is 5.75 Å². The first-order valence-electron chi connectivity index (χ1n) is 6.40. The number of rotatable bonds is 7. The average molecular weight is 361 g/mol. The molecule has 0 unspecified atom stereocenters. The number of halogens is 1. The third-order valence-corrected chi connectivity index (χ3v) is 3.07. The van der Waals surface area contributed by atoms with Gasteiger partial charge in [-0.15, -0.1) is 0 Å². The topological polar surface area (TPSA) is 82.1 Å². The molecule has 1 rings (SSSR count). The highest BCUT2D eigenvalue weighted by molar-refractivity contribution is 9.10. The third-order valence-electron chi connectivity index (χ3n) is 2.54. The molecule has 0 radical (unpaired) electrons. The Bertz CT molecular complexity index is 467. The summed E-state index contributed by atoms with van der Waals surface area (Å²) < 4.78 is 15.9. The van der Waals surface area contributed by atoms with Crippen LogP contribution in [-0.2, 0) is 19.1 Å². The Morgan fingerprint density at radius 2 is 1.57 bits per heavy atom. The summed E-state index contributed by atoms with van der Waals surface area (Å²) in [4.78, 5) is 24.1. The maximum Gasteiger partial charge on any atom is 0.365 e. The molecule has 0 aromatic heterocycles. The van der Waals surface area contributed by atoms with E-state index in [1.54, 1.807) is 38.1 Å². The monoisotopic (exact) mass is 360 g/mol. The molecule has 116 valence electrons. The molecule has 0 atom stereocenters. The highest BCUT2D eigenvalue weighted by Crippen LogP contribution is 2.23. The second-order valence-electron chi connectivity index (χ2n) is 3.98. The molecular weight excluding hydrogens is 344 g/mol. The van der Waals surface area contributed by atoms with Crippen molar-refractivity contribution in [2.75, 3.05) is 19.8 Å². The van der Waals surface area contributed by atoms with Gasteiger partial charge in [0.1, 0.15) is 12.4 Å². The normalized spacial score (nSPS) is 10.9. The Hall–Kier alpha value is -1.60. The van der Waals surface area contributed by atoms with Crippen molar-refractivity contribution in [1.29, 1.82) is 0 Å². The third kappa shape index (κ3) is 4.18. The zero-order valence-electron chi connectivity index (χ0n) is 11.8. The Morgan fingerprint density at radius 3 is 1.95 bits per heavy atom. The van der Waals surface area contributed by atoms with Gasteiger partial charge < -0.3 is 19.3 Å². The minimum Gasteiger partial charge on any atom is -0.463 e. The fourth-order valence-electron chi connectivity index (χ4n) is 1.53. The van der Waals surface area contributed by atoms with E-state index in [-0.39, 0.29) is 19.0 Å². The number of hydrogen-bond donors (Lipinski definition) is 1. The number of hydrogen-bond acceptors (Lipinski definition) is 6. The van der Waals surface area contributed by atoms with Crippen LogP contribution in [0.1, 0.15) is 13.8 Å². The van der Waals surface area contributed by atoms with Gasteiger partial charge in [-0.25, -0.2) is 9.59 Å². The molecule has 6 nitrogen and oxygen atoms in total. The van der Waals surface area contributed by atoms with Gasteiger partial charge in [0.15, 0.2) is 0 Å². The van der Waals surface area contributed by atoms with Crippen LogP contribution < -0.4 is 4.74 Å². The van der Waals surface area contributed by atoms with E-state index in [1.165, 1.54) is 0 Å². The first-order chi connectivity index (χ1) is 10.00. The van der Waals surface area contributed by atoms with Crippen molar-refractivity contribution in [3.8, 4) is 5.75 Å². The van der Waals surface area contributed by atoms with Gasteiger partial charge in [-0.1, -0.05) is 15.9 Å². The van der Waals surface area contributed by atoms with E-state index in [0.717, 1.165) is 4.47 Å². The summed E-state index contributed by atoms with van der Waals surface area (Å²) in [5.41, 5.74) is -2.22. The number of carbonyl (C=O) groups excluding carboxylic acids is 2. The van der Waals surface area contributed by atoms with Crippen LogP contribution in [0.25, 0.3) is 0 Å². The van der Waals surface area contributed by atoms with Crippen LogP contribution >= 0.6 is 15.9 Å². The van der Waals surface area contributed by atoms with Crippen molar-refractivity contribution < 1.29 is 28.9 Å². The van der Waals surface area contributed by atoms with Crippen molar-refractivity contribution in [3.63, 3.8) is 0 Å². The smallest absolute Gasteiger partial charge is 0.365 e. The fraction of sp³-hybridized carbons (Fsp3) is 0.429. The van der Waals surface area contributed by atoms with Gasteiger partial charge >= 0.3 is 17.5 Å². The number of carbonyl (C=O) groups is 2. The van der Waals surface area contributed by atoms with Crippen molar-refractivity contribution >= 4 is 27.9 Å². The van der Waals surface area contributed by atoms with Gasteiger partial charge in [-0.3, -0.25) is 0 Å². The molecule has 0 heterocycles. The van der Waals surface area contributed by atoms with E-state index in [4.69, 9.17) is 14.2 Å². The molecule has 0 bridgehead atoms. The fourth-order valence-corrected chi connectivity index (χ4v) is 1.79. The lowest BCUT2D eigenvalue weighted by Crippen LogP contribution is -2.56. The summed E-state index contributed by atoms with van der Waals surface area (Å²) in [5.74, 6) is -1.75. The molecule has 7 heteroatoms. The van der Waals surface area contributed by atoms with E-state index in [0.29, 0.717) is 0 Å². The second-order valence-corrected chi connectivity index (χ2v) is 4.90. The first-order valence-corrected chi connectivity index (χ1v) is 7.19. The SMILES string of the molecule is CCOC(=O)C(CO)(Oc1ccc(Br)cc1)C(=O)OCC. The van der Waals surface area contributed by atoms with E-state index >= 15 is 0 Å². The Morgan fingerprint density at radius 1 is 1.10 bits per heavy atom. The zero-order valence-corrected chi connectivity index (χ0v) is 13.4. The van der Waals surface area contributed by atoms with Crippen molar-refractivity contribution in [3.05, 3.63) is 28.7 Å². The maximum absolute atomic E-state index is 12.1. The molecule has 0 fully saturated rings. The minimum atomic E-state index is -2.22. The standard InChI is InChI=1S/C14H17BrO6/c1-3-19-12(17)14(9-16,13(18)20-4-2)21-11-7-5-10(15)6-8-11/h5-8,16H,3-4,9H2,1-2H3. The molecule has 0 saturated carbocycles. The Labute approximate surface area is 131 Å². The summed E-state index contributed by atoms with van der Waals surface area (Å²) in [7, 11) is 0. The number of esters is 2. The molecule has 0 amide bonds. The van der Waals surface area contributed by atoms with Crippen molar-refractivity contribution in [2.24, 2.45) is 0 Å². The van der Waals surface area contributed by atoms with Gasteiger partial charge in [0, 0.05) is 4.47 Å².